The molecule has 0 saturated heterocycles. The summed E-state index contributed by atoms with van der Waals surface area (Å²) in [4.78, 5) is 13.2. The number of hydrogen-bond acceptors (Lipinski definition) is 3. The molecule has 0 spiro atoms. The fraction of sp³-hybridized carbons (Fsp3) is 0.267. The average molecular weight is 293 g/mol. The first kappa shape index (κ1) is 14.5. The summed E-state index contributed by atoms with van der Waals surface area (Å²) in [6.07, 6.45) is 0.783. The average Bonchev–Trinajstić information content (AvgIpc) is 2.98. The third-order valence-electron chi connectivity index (χ3n) is 3.01. The van der Waals surface area contributed by atoms with Crippen molar-refractivity contribution in [2.45, 2.75) is 19.4 Å². The molecule has 1 heterocycles. The lowest BCUT2D eigenvalue weighted by atomic mass is 10.1. The maximum Gasteiger partial charge on any atom is 0.251 e. The minimum Gasteiger partial charge on any atom is -0.494 e. The molecule has 0 aliphatic heterocycles. The van der Waals surface area contributed by atoms with Crippen LogP contribution in [0.2, 0.25) is 0 Å². The van der Waals surface area contributed by atoms with Crippen LogP contribution in [0.5, 0.6) is 5.75 Å². The van der Waals surface area contributed by atoms with Gasteiger partial charge in [0.1, 0.15) is 0 Å². The third kappa shape index (κ3) is 3.17. The van der Waals surface area contributed by atoms with Gasteiger partial charge in [0.15, 0.2) is 11.6 Å². The molecule has 0 saturated carbocycles. The summed E-state index contributed by atoms with van der Waals surface area (Å²) in [7, 11) is 1.39. The Hall–Kier alpha value is -1.88. The zero-order valence-electron chi connectivity index (χ0n) is 11.4. The van der Waals surface area contributed by atoms with E-state index in [4.69, 9.17) is 4.74 Å². The lowest BCUT2D eigenvalue weighted by Crippen LogP contribution is -2.27. The number of nitrogens with one attached hydrogen (secondary N) is 1. The third-order valence-corrected chi connectivity index (χ3v) is 4.00. The lowest BCUT2D eigenvalue weighted by molar-refractivity contribution is 0.0935. The minimum atomic E-state index is -0.538. The standard InChI is InChI=1S/C15H16FNO2S/c1-3-12(14-5-4-8-20-14)17-15(18)10-6-7-13(19-2)11(16)9-10/h4-9,12H,3H2,1-2H3,(H,17,18). The molecule has 0 radical (unpaired) electrons. The predicted octanol–water partition coefficient (Wildman–Crippen LogP) is 3.78. The highest BCUT2D eigenvalue weighted by atomic mass is 32.1. The van der Waals surface area contributed by atoms with E-state index >= 15 is 0 Å². The van der Waals surface area contributed by atoms with Gasteiger partial charge in [0.25, 0.3) is 5.91 Å². The van der Waals surface area contributed by atoms with E-state index in [9.17, 15) is 9.18 Å². The van der Waals surface area contributed by atoms with Gasteiger partial charge in [-0.05, 0) is 36.1 Å². The molecule has 0 aliphatic rings. The van der Waals surface area contributed by atoms with Gasteiger partial charge in [-0.2, -0.15) is 0 Å². The van der Waals surface area contributed by atoms with Crippen LogP contribution in [-0.4, -0.2) is 13.0 Å². The Kier molecular flexibility index (Phi) is 4.74. The molecule has 106 valence electrons. The minimum absolute atomic E-state index is 0.0485. The maximum absolute atomic E-state index is 13.6. The van der Waals surface area contributed by atoms with Gasteiger partial charge in [-0.1, -0.05) is 13.0 Å². The number of amides is 1. The quantitative estimate of drug-likeness (QED) is 0.911. The van der Waals surface area contributed by atoms with Crippen molar-refractivity contribution in [1.82, 2.24) is 5.32 Å². The first-order valence-electron chi connectivity index (χ1n) is 6.33. The number of ether oxygens (including phenoxy) is 1. The summed E-state index contributed by atoms with van der Waals surface area (Å²) in [5, 5.41) is 4.88. The summed E-state index contributed by atoms with van der Waals surface area (Å²) >= 11 is 1.59. The second-order valence-electron chi connectivity index (χ2n) is 4.30. The van der Waals surface area contributed by atoms with Crippen LogP contribution in [0.3, 0.4) is 0 Å². The zero-order valence-corrected chi connectivity index (χ0v) is 12.2. The Morgan fingerprint density at radius 1 is 1.45 bits per heavy atom. The predicted molar refractivity (Wildman–Crippen MR) is 77.8 cm³/mol. The molecule has 1 aromatic carbocycles. The van der Waals surface area contributed by atoms with Crippen LogP contribution in [0.4, 0.5) is 4.39 Å². The van der Waals surface area contributed by atoms with Crippen LogP contribution in [0, 0.1) is 5.82 Å². The maximum atomic E-state index is 13.6. The molecule has 2 aromatic rings. The van der Waals surface area contributed by atoms with Gasteiger partial charge in [-0.3, -0.25) is 4.79 Å². The number of carbonyl (C=O) groups is 1. The van der Waals surface area contributed by atoms with Gasteiger partial charge in [0, 0.05) is 10.4 Å². The van der Waals surface area contributed by atoms with Gasteiger partial charge in [0.2, 0.25) is 0 Å². The first-order chi connectivity index (χ1) is 9.65. The van der Waals surface area contributed by atoms with Gasteiger partial charge in [-0.25, -0.2) is 4.39 Å². The molecule has 1 N–H and O–H groups in total. The molecule has 2 rings (SSSR count). The van der Waals surface area contributed by atoms with E-state index in [1.54, 1.807) is 17.4 Å². The summed E-state index contributed by atoms with van der Waals surface area (Å²) in [6.45, 7) is 2.00. The number of benzene rings is 1. The van der Waals surface area contributed by atoms with Gasteiger partial charge >= 0.3 is 0 Å². The second kappa shape index (κ2) is 6.52. The molecular weight excluding hydrogens is 277 g/mol. The summed E-state index contributed by atoms with van der Waals surface area (Å²) < 4.78 is 18.4. The Labute approximate surface area is 121 Å². The summed E-state index contributed by atoms with van der Waals surface area (Å²) in [6, 6.07) is 8.08. The zero-order chi connectivity index (χ0) is 14.5. The molecule has 0 aliphatic carbocycles. The molecule has 1 atom stereocenters. The largest absolute Gasteiger partial charge is 0.494 e. The number of halogens is 1. The normalized spacial score (nSPS) is 11.9. The Morgan fingerprint density at radius 2 is 2.25 bits per heavy atom. The molecule has 20 heavy (non-hydrogen) atoms. The van der Waals surface area contributed by atoms with Crippen molar-refractivity contribution >= 4 is 17.2 Å². The van der Waals surface area contributed by atoms with Crippen molar-refractivity contribution in [3.8, 4) is 5.75 Å². The van der Waals surface area contributed by atoms with Crippen LogP contribution < -0.4 is 10.1 Å². The van der Waals surface area contributed by atoms with E-state index in [1.807, 2.05) is 24.4 Å². The number of hydrogen-bond donors (Lipinski definition) is 1. The Bertz CT molecular complexity index is 584. The number of carbonyl (C=O) groups excluding carboxylic acids is 1. The number of methoxy groups -OCH3 is 1. The molecular formula is C15H16FNO2S. The molecule has 1 aromatic heterocycles. The van der Waals surface area contributed by atoms with Gasteiger partial charge < -0.3 is 10.1 Å². The van der Waals surface area contributed by atoms with Gasteiger partial charge in [0.05, 0.1) is 13.2 Å². The van der Waals surface area contributed by atoms with E-state index in [1.165, 1.54) is 19.2 Å². The highest BCUT2D eigenvalue weighted by Crippen LogP contribution is 2.23. The van der Waals surface area contributed by atoms with E-state index in [0.717, 1.165) is 11.3 Å². The highest BCUT2D eigenvalue weighted by Gasteiger charge is 2.16. The first-order valence-corrected chi connectivity index (χ1v) is 7.21. The number of thiophene rings is 1. The van der Waals surface area contributed by atoms with E-state index in [-0.39, 0.29) is 17.7 Å². The fourth-order valence-electron chi connectivity index (χ4n) is 1.91. The monoisotopic (exact) mass is 293 g/mol. The Balaban J connectivity index is 2.13. The van der Waals surface area contributed by atoms with Crippen molar-refractivity contribution < 1.29 is 13.9 Å². The summed E-state index contributed by atoms with van der Waals surface area (Å²) in [5.41, 5.74) is 0.290. The highest BCUT2D eigenvalue weighted by molar-refractivity contribution is 7.10. The SMILES string of the molecule is CCC(NC(=O)c1ccc(OC)c(F)c1)c1cccs1. The van der Waals surface area contributed by atoms with Crippen LogP contribution in [0.1, 0.15) is 34.6 Å². The van der Waals surface area contributed by atoms with Gasteiger partial charge in [-0.15, -0.1) is 11.3 Å². The van der Waals surface area contributed by atoms with Crippen molar-refractivity contribution in [3.63, 3.8) is 0 Å². The van der Waals surface area contributed by atoms with E-state index in [2.05, 4.69) is 5.32 Å². The topological polar surface area (TPSA) is 38.3 Å². The molecule has 5 heteroatoms. The smallest absolute Gasteiger partial charge is 0.251 e. The van der Waals surface area contributed by atoms with E-state index < -0.39 is 5.82 Å². The van der Waals surface area contributed by atoms with Crippen molar-refractivity contribution in [2.24, 2.45) is 0 Å². The van der Waals surface area contributed by atoms with E-state index in [0.29, 0.717) is 5.56 Å². The summed E-state index contributed by atoms with van der Waals surface area (Å²) in [5.74, 6) is -0.692. The number of rotatable bonds is 5. The van der Waals surface area contributed by atoms with Crippen LogP contribution in [0.15, 0.2) is 35.7 Å². The van der Waals surface area contributed by atoms with Crippen LogP contribution in [0.25, 0.3) is 0 Å². The van der Waals surface area contributed by atoms with Crippen LogP contribution in [-0.2, 0) is 0 Å². The molecule has 1 unspecified atom stereocenters. The van der Waals surface area contributed by atoms with Crippen molar-refractivity contribution in [1.29, 1.82) is 0 Å². The fourth-order valence-corrected chi connectivity index (χ4v) is 2.77. The van der Waals surface area contributed by atoms with Crippen molar-refractivity contribution in [3.05, 3.63) is 52.0 Å². The van der Waals surface area contributed by atoms with Crippen molar-refractivity contribution in [2.75, 3.05) is 7.11 Å². The Morgan fingerprint density at radius 3 is 2.80 bits per heavy atom. The molecule has 1 amide bonds. The molecule has 0 fully saturated rings. The second-order valence-corrected chi connectivity index (χ2v) is 5.28. The molecule has 3 nitrogen and oxygen atoms in total. The lowest BCUT2D eigenvalue weighted by Gasteiger charge is -2.15. The molecule has 0 bridgehead atoms. The van der Waals surface area contributed by atoms with Crippen LogP contribution >= 0.6 is 11.3 Å².